The Morgan fingerprint density at radius 2 is 1.94 bits per heavy atom. The van der Waals surface area contributed by atoms with Crippen LogP contribution in [0.3, 0.4) is 0 Å². The number of halogens is 2. The molecule has 0 spiro atoms. The monoisotopic (exact) mass is 343 g/mol. The molecule has 0 aliphatic heterocycles. The lowest BCUT2D eigenvalue weighted by Crippen LogP contribution is -2.22. The molecule has 1 heterocycles. The van der Waals surface area contributed by atoms with E-state index >= 15 is 0 Å². The van der Waals surface area contributed by atoms with Gasteiger partial charge in [0, 0.05) is 15.8 Å². The molecule has 18 heavy (non-hydrogen) atoms. The van der Waals surface area contributed by atoms with Crippen molar-refractivity contribution in [3.8, 4) is 0 Å². The average Bonchev–Trinajstić information content (AvgIpc) is 2.82. The minimum atomic E-state index is -0.0688. The molecule has 0 fully saturated rings. The Hall–Kier alpha value is -0.840. The maximum absolute atomic E-state index is 11.9. The van der Waals surface area contributed by atoms with Crippen LogP contribution in [0.15, 0.2) is 36.4 Å². The molecule has 0 radical (unpaired) electrons. The predicted octanol–water partition coefficient (Wildman–Crippen LogP) is 4.23. The lowest BCUT2D eigenvalue weighted by molar-refractivity contribution is 0.0951. The molecule has 0 aliphatic carbocycles. The lowest BCUT2D eigenvalue weighted by atomic mass is 10.1. The van der Waals surface area contributed by atoms with Crippen molar-refractivity contribution >= 4 is 44.8 Å². The van der Waals surface area contributed by atoms with Gasteiger partial charge in [-0.15, -0.1) is 11.3 Å². The van der Waals surface area contributed by atoms with Crippen molar-refractivity contribution in [2.45, 2.75) is 11.9 Å². The standard InChI is InChI=1S/C13H11BrClNOS/c14-7-9-1-3-10(4-2-9)13(17)16-8-11-5-6-12(15)18-11/h1-6H,7-8H2,(H,16,17). The summed E-state index contributed by atoms with van der Waals surface area (Å²) in [6.07, 6.45) is 0. The van der Waals surface area contributed by atoms with E-state index in [2.05, 4.69) is 21.2 Å². The molecule has 5 heteroatoms. The van der Waals surface area contributed by atoms with Crippen molar-refractivity contribution in [3.63, 3.8) is 0 Å². The zero-order valence-electron chi connectivity index (χ0n) is 9.45. The molecule has 0 unspecified atom stereocenters. The van der Waals surface area contributed by atoms with Gasteiger partial charge >= 0.3 is 0 Å². The maximum Gasteiger partial charge on any atom is 0.251 e. The van der Waals surface area contributed by atoms with Gasteiger partial charge in [0.1, 0.15) is 0 Å². The number of carbonyl (C=O) groups is 1. The van der Waals surface area contributed by atoms with Gasteiger partial charge in [-0.05, 0) is 29.8 Å². The summed E-state index contributed by atoms with van der Waals surface area (Å²) in [6.45, 7) is 0.510. The number of nitrogens with one attached hydrogen (secondary N) is 1. The number of carbonyl (C=O) groups excluding carboxylic acids is 1. The van der Waals surface area contributed by atoms with Crippen LogP contribution < -0.4 is 5.32 Å². The van der Waals surface area contributed by atoms with Gasteiger partial charge in [0.15, 0.2) is 0 Å². The van der Waals surface area contributed by atoms with Crippen LogP contribution in [-0.2, 0) is 11.9 Å². The Bertz CT molecular complexity index is 538. The third kappa shape index (κ3) is 3.57. The molecule has 0 aliphatic rings. The molecule has 2 aromatic rings. The third-order valence-electron chi connectivity index (χ3n) is 2.42. The molecule has 2 nitrogen and oxygen atoms in total. The van der Waals surface area contributed by atoms with Crippen LogP contribution in [-0.4, -0.2) is 5.91 Å². The van der Waals surface area contributed by atoms with Gasteiger partial charge < -0.3 is 5.32 Å². The third-order valence-corrected chi connectivity index (χ3v) is 4.30. The minimum Gasteiger partial charge on any atom is -0.347 e. The van der Waals surface area contributed by atoms with Gasteiger partial charge in [-0.1, -0.05) is 39.7 Å². The zero-order valence-corrected chi connectivity index (χ0v) is 12.6. The highest BCUT2D eigenvalue weighted by atomic mass is 79.9. The van der Waals surface area contributed by atoms with Crippen LogP contribution >= 0.6 is 38.9 Å². The molecule has 1 amide bonds. The molecule has 0 bridgehead atoms. The first kappa shape index (κ1) is 13.6. The van der Waals surface area contributed by atoms with Crippen molar-refractivity contribution < 1.29 is 4.79 Å². The predicted molar refractivity (Wildman–Crippen MR) is 79.6 cm³/mol. The first-order chi connectivity index (χ1) is 8.69. The quantitative estimate of drug-likeness (QED) is 0.826. The molecular weight excluding hydrogens is 334 g/mol. The molecule has 94 valence electrons. The van der Waals surface area contributed by atoms with Crippen molar-refractivity contribution in [1.29, 1.82) is 0 Å². The van der Waals surface area contributed by atoms with E-state index < -0.39 is 0 Å². The minimum absolute atomic E-state index is 0.0688. The van der Waals surface area contributed by atoms with Crippen LogP contribution in [0, 0.1) is 0 Å². The normalized spacial score (nSPS) is 10.3. The Labute approximate surface area is 123 Å². The molecule has 1 aromatic carbocycles. The summed E-state index contributed by atoms with van der Waals surface area (Å²) in [4.78, 5) is 12.9. The fourth-order valence-corrected chi connectivity index (χ4v) is 2.86. The SMILES string of the molecule is O=C(NCc1ccc(Cl)s1)c1ccc(CBr)cc1. The van der Waals surface area contributed by atoms with Crippen LogP contribution in [0.5, 0.6) is 0 Å². The molecule has 0 atom stereocenters. The number of alkyl halides is 1. The van der Waals surface area contributed by atoms with Gasteiger partial charge in [0.25, 0.3) is 5.91 Å². The summed E-state index contributed by atoms with van der Waals surface area (Å²) in [5.74, 6) is -0.0688. The highest BCUT2D eigenvalue weighted by Crippen LogP contribution is 2.21. The van der Waals surface area contributed by atoms with E-state index in [9.17, 15) is 4.79 Å². The van der Waals surface area contributed by atoms with Crippen LogP contribution in [0.2, 0.25) is 4.34 Å². The average molecular weight is 345 g/mol. The van der Waals surface area contributed by atoms with Crippen molar-refractivity contribution in [2.24, 2.45) is 0 Å². The Morgan fingerprint density at radius 1 is 1.22 bits per heavy atom. The van der Waals surface area contributed by atoms with E-state index in [0.29, 0.717) is 12.1 Å². The number of hydrogen-bond donors (Lipinski definition) is 1. The number of amides is 1. The van der Waals surface area contributed by atoms with Crippen molar-refractivity contribution in [3.05, 3.63) is 56.7 Å². The number of hydrogen-bond acceptors (Lipinski definition) is 2. The first-order valence-corrected chi connectivity index (χ1v) is 7.68. The van der Waals surface area contributed by atoms with Gasteiger partial charge in [-0.25, -0.2) is 0 Å². The fourth-order valence-electron chi connectivity index (χ4n) is 1.46. The van der Waals surface area contributed by atoms with E-state index in [4.69, 9.17) is 11.6 Å². The van der Waals surface area contributed by atoms with Gasteiger partial charge in [0.05, 0.1) is 10.9 Å². The lowest BCUT2D eigenvalue weighted by Gasteiger charge is -2.04. The van der Waals surface area contributed by atoms with Gasteiger partial charge in [-0.2, -0.15) is 0 Å². The van der Waals surface area contributed by atoms with E-state index in [1.165, 1.54) is 11.3 Å². The maximum atomic E-state index is 11.9. The van der Waals surface area contributed by atoms with Crippen molar-refractivity contribution in [1.82, 2.24) is 5.32 Å². The van der Waals surface area contributed by atoms with Gasteiger partial charge in [-0.3, -0.25) is 4.79 Å². The summed E-state index contributed by atoms with van der Waals surface area (Å²) in [5, 5.41) is 3.66. The van der Waals surface area contributed by atoms with Crippen LogP contribution in [0.25, 0.3) is 0 Å². The first-order valence-electron chi connectivity index (χ1n) is 5.36. The summed E-state index contributed by atoms with van der Waals surface area (Å²) in [6, 6.07) is 11.3. The fraction of sp³-hybridized carbons (Fsp3) is 0.154. The summed E-state index contributed by atoms with van der Waals surface area (Å²) >= 11 is 10.7. The van der Waals surface area contributed by atoms with Crippen molar-refractivity contribution in [2.75, 3.05) is 0 Å². The molecule has 1 aromatic heterocycles. The largest absolute Gasteiger partial charge is 0.347 e. The summed E-state index contributed by atoms with van der Waals surface area (Å²) < 4.78 is 0.737. The highest BCUT2D eigenvalue weighted by Gasteiger charge is 2.05. The second kappa shape index (κ2) is 6.36. The highest BCUT2D eigenvalue weighted by molar-refractivity contribution is 9.08. The second-order valence-electron chi connectivity index (χ2n) is 3.72. The number of benzene rings is 1. The molecule has 2 rings (SSSR count). The Balaban J connectivity index is 1.94. The summed E-state index contributed by atoms with van der Waals surface area (Å²) in [7, 11) is 0. The number of thiophene rings is 1. The smallest absolute Gasteiger partial charge is 0.251 e. The van der Waals surface area contributed by atoms with E-state index in [1.807, 2.05) is 36.4 Å². The van der Waals surface area contributed by atoms with E-state index in [1.54, 1.807) is 0 Å². The molecular formula is C13H11BrClNOS. The van der Waals surface area contributed by atoms with Crippen LogP contribution in [0.4, 0.5) is 0 Å². The second-order valence-corrected chi connectivity index (χ2v) is 6.08. The Kier molecular flexibility index (Phi) is 4.80. The van der Waals surface area contributed by atoms with E-state index in [0.717, 1.165) is 20.1 Å². The zero-order chi connectivity index (χ0) is 13.0. The Morgan fingerprint density at radius 3 is 2.50 bits per heavy atom. The van der Waals surface area contributed by atoms with Crippen LogP contribution in [0.1, 0.15) is 20.8 Å². The molecule has 0 saturated carbocycles. The van der Waals surface area contributed by atoms with E-state index in [-0.39, 0.29) is 5.91 Å². The number of rotatable bonds is 4. The van der Waals surface area contributed by atoms with Gasteiger partial charge in [0.2, 0.25) is 0 Å². The topological polar surface area (TPSA) is 29.1 Å². The summed E-state index contributed by atoms with van der Waals surface area (Å²) in [5.41, 5.74) is 1.82. The molecule has 0 saturated heterocycles. The molecule has 1 N–H and O–H groups in total.